The summed E-state index contributed by atoms with van der Waals surface area (Å²) in [6, 6.07) is 0. The second kappa shape index (κ2) is 8.08. The van der Waals surface area contributed by atoms with E-state index in [-0.39, 0.29) is 15.3 Å². The number of nitrogens with zero attached hydrogens (tertiary/aromatic N) is 2. The van der Waals surface area contributed by atoms with E-state index in [1.165, 1.54) is 4.68 Å². The van der Waals surface area contributed by atoms with Gasteiger partial charge in [-0.05, 0) is 25.0 Å². The third-order valence-corrected chi connectivity index (χ3v) is 5.80. The number of nitrogens with one attached hydrogen (secondary N) is 1. The maximum Gasteiger partial charge on any atom is 0.287 e. The molecule has 0 radical (unpaired) electrons. The molecule has 1 heterocycles. The summed E-state index contributed by atoms with van der Waals surface area (Å²) in [6.07, 6.45) is 5.90. The average molecular weight is 332 g/mol. The summed E-state index contributed by atoms with van der Waals surface area (Å²) in [6.45, 7) is 9.81. The van der Waals surface area contributed by atoms with Crippen molar-refractivity contribution in [2.24, 2.45) is 5.92 Å². The summed E-state index contributed by atoms with van der Waals surface area (Å²) in [5.41, 5.74) is 0.403. The van der Waals surface area contributed by atoms with E-state index in [1.54, 1.807) is 6.20 Å². The molecule has 0 aliphatic carbocycles. The van der Waals surface area contributed by atoms with E-state index in [0.29, 0.717) is 18.2 Å². The number of hydrogen-bond acceptors (Lipinski definition) is 4. The van der Waals surface area contributed by atoms with Gasteiger partial charge in [-0.3, -0.25) is 4.79 Å². The van der Waals surface area contributed by atoms with E-state index in [0.717, 1.165) is 19.4 Å². The predicted molar refractivity (Wildman–Crippen MR) is 93.7 cm³/mol. The van der Waals surface area contributed by atoms with Crippen LogP contribution in [0.15, 0.2) is 11.0 Å². The summed E-state index contributed by atoms with van der Waals surface area (Å²) in [5, 5.41) is 7.74. The normalized spacial score (nSPS) is 12.0. The van der Waals surface area contributed by atoms with Crippen LogP contribution in [0.5, 0.6) is 0 Å². The minimum atomic E-state index is -0.224. The van der Waals surface area contributed by atoms with Gasteiger partial charge in [-0.1, -0.05) is 39.3 Å². The number of hydrogen-bond donors (Lipinski definition) is 1. The van der Waals surface area contributed by atoms with Crippen molar-refractivity contribution < 1.29 is 0 Å². The van der Waals surface area contributed by atoms with Crippen LogP contribution in [0, 0.1) is 5.92 Å². The lowest BCUT2D eigenvalue weighted by Crippen LogP contribution is -2.33. The van der Waals surface area contributed by atoms with Crippen LogP contribution in [0.2, 0.25) is 5.02 Å². The predicted octanol–water partition coefficient (Wildman–Crippen LogP) is 3.89. The van der Waals surface area contributed by atoms with E-state index < -0.39 is 0 Å². The Morgan fingerprint density at radius 2 is 2.05 bits per heavy atom. The molecule has 0 aliphatic rings. The third kappa shape index (κ3) is 4.65. The van der Waals surface area contributed by atoms with Gasteiger partial charge in [0.05, 0.1) is 11.9 Å². The lowest BCUT2D eigenvalue weighted by molar-refractivity contribution is 0.464. The van der Waals surface area contributed by atoms with Crippen LogP contribution in [0.1, 0.15) is 40.5 Å². The highest BCUT2D eigenvalue weighted by molar-refractivity contribution is 8.00. The van der Waals surface area contributed by atoms with Crippen LogP contribution < -0.4 is 10.9 Å². The molecule has 0 aromatic carbocycles. The van der Waals surface area contributed by atoms with Crippen LogP contribution in [0.25, 0.3) is 0 Å². The highest BCUT2D eigenvalue weighted by Gasteiger charge is 2.25. The van der Waals surface area contributed by atoms with Gasteiger partial charge < -0.3 is 5.32 Å². The third-order valence-electron chi connectivity index (χ3n) is 3.85. The lowest BCUT2D eigenvalue weighted by atomic mass is 10.0. The highest BCUT2D eigenvalue weighted by Crippen LogP contribution is 2.31. The molecule has 0 saturated carbocycles. The Bertz CT molecular complexity index is 504. The van der Waals surface area contributed by atoms with Gasteiger partial charge in [0.2, 0.25) is 0 Å². The summed E-state index contributed by atoms with van der Waals surface area (Å²) in [5.74, 6) is 0.356. The Hall–Kier alpha value is -0.680. The quantitative estimate of drug-likeness (QED) is 0.785. The Labute approximate surface area is 136 Å². The zero-order valence-corrected chi connectivity index (χ0v) is 15.1. The average Bonchev–Trinajstić information content (AvgIpc) is 2.47. The Kier molecular flexibility index (Phi) is 7.07. The first kappa shape index (κ1) is 18.4. The van der Waals surface area contributed by atoms with Crippen molar-refractivity contribution in [3.63, 3.8) is 0 Å². The molecule has 0 spiro atoms. The number of aromatic nitrogens is 2. The second-order valence-corrected chi connectivity index (χ2v) is 7.35. The second-order valence-electron chi connectivity index (χ2n) is 5.70. The standard InChI is InChI=1S/C15H26ClN3OS/c1-6-15(7-2,21-5)10-17-12-8-18-19(9-11(3)4)14(20)13(12)16/h8,11,17H,6-7,9-10H2,1-5H3. The van der Waals surface area contributed by atoms with Gasteiger partial charge in [0.1, 0.15) is 5.02 Å². The number of anilines is 1. The maximum atomic E-state index is 12.2. The zero-order valence-electron chi connectivity index (χ0n) is 13.6. The maximum absolute atomic E-state index is 12.2. The Balaban J connectivity index is 2.91. The molecule has 0 saturated heterocycles. The van der Waals surface area contributed by atoms with E-state index in [4.69, 9.17) is 11.6 Å². The van der Waals surface area contributed by atoms with Crippen molar-refractivity contribution >= 4 is 29.1 Å². The van der Waals surface area contributed by atoms with Crippen molar-refractivity contribution in [2.45, 2.75) is 51.8 Å². The van der Waals surface area contributed by atoms with Crippen molar-refractivity contribution in [1.29, 1.82) is 0 Å². The smallest absolute Gasteiger partial charge is 0.287 e. The number of thioether (sulfide) groups is 1. The summed E-state index contributed by atoms with van der Waals surface area (Å²) in [7, 11) is 0. The zero-order chi connectivity index (χ0) is 16.0. The van der Waals surface area contributed by atoms with Crippen LogP contribution in [0.4, 0.5) is 5.69 Å². The molecular formula is C15H26ClN3OS. The molecule has 21 heavy (non-hydrogen) atoms. The van der Waals surface area contributed by atoms with Gasteiger partial charge in [-0.25, -0.2) is 4.68 Å². The molecule has 0 bridgehead atoms. The molecule has 0 unspecified atom stereocenters. The van der Waals surface area contributed by atoms with Gasteiger partial charge >= 0.3 is 0 Å². The SMILES string of the molecule is CCC(CC)(CNc1cnn(CC(C)C)c(=O)c1Cl)SC. The van der Waals surface area contributed by atoms with Crippen LogP contribution in [-0.2, 0) is 6.54 Å². The molecule has 0 amide bonds. The first-order valence-corrected chi connectivity index (χ1v) is 9.04. The van der Waals surface area contributed by atoms with E-state index in [2.05, 4.69) is 30.5 Å². The highest BCUT2D eigenvalue weighted by atomic mass is 35.5. The topological polar surface area (TPSA) is 46.9 Å². The fraction of sp³-hybridized carbons (Fsp3) is 0.733. The van der Waals surface area contributed by atoms with Crippen LogP contribution in [-0.4, -0.2) is 27.3 Å². The first-order valence-electron chi connectivity index (χ1n) is 7.43. The van der Waals surface area contributed by atoms with E-state index in [1.807, 2.05) is 25.6 Å². The lowest BCUT2D eigenvalue weighted by Gasteiger charge is -2.30. The van der Waals surface area contributed by atoms with Crippen LogP contribution >= 0.6 is 23.4 Å². The molecule has 0 aliphatic heterocycles. The molecule has 6 heteroatoms. The van der Waals surface area contributed by atoms with Gasteiger partial charge in [0.25, 0.3) is 5.56 Å². The van der Waals surface area contributed by atoms with Gasteiger partial charge in [-0.15, -0.1) is 0 Å². The van der Waals surface area contributed by atoms with Crippen molar-refractivity contribution in [1.82, 2.24) is 9.78 Å². The van der Waals surface area contributed by atoms with Gasteiger partial charge in [0.15, 0.2) is 0 Å². The monoisotopic (exact) mass is 331 g/mol. The fourth-order valence-corrected chi connectivity index (χ4v) is 3.19. The van der Waals surface area contributed by atoms with Crippen molar-refractivity contribution in [3.8, 4) is 0 Å². The molecule has 0 atom stereocenters. The van der Waals surface area contributed by atoms with Gasteiger partial charge in [0, 0.05) is 17.8 Å². The number of rotatable bonds is 8. The van der Waals surface area contributed by atoms with Crippen molar-refractivity contribution in [3.05, 3.63) is 21.6 Å². The fourth-order valence-electron chi connectivity index (χ4n) is 2.18. The molecule has 1 aromatic heterocycles. The van der Waals surface area contributed by atoms with E-state index >= 15 is 0 Å². The van der Waals surface area contributed by atoms with E-state index in [9.17, 15) is 4.79 Å². The summed E-state index contributed by atoms with van der Waals surface area (Å²) in [4.78, 5) is 12.2. The molecule has 0 fully saturated rings. The Morgan fingerprint density at radius 3 is 2.52 bits per heavy atom. The Morgan fingerprint density at radius 1 is 1.43 bits per heavy atom. The number of halogens is 1. The first-order chi connectivity index (χ1) is 9.89. The molecule has 1 aromatic rings. The minimum absolute atomic E-state index is 0.163. The summed E-state index contributed by atoms with van der Waals surface area (Å²) < 4.78 is 1.59. The van der Waals surface area contributed by atoms with Crippen LogP contribution in [0.3, 0.4) is 0 Å². The molecule has 1 N–H and O–H groups in total. The summed E-state index contributed by atoms with van der Waals surface area (Å²) >= 11 is 8.05. The largest absolute Gasteiger partial charge is 0.381 e. The minimum Gasteiger partial charge on any atom is -0.381 e. The molecule has 1 rings (SSSR count). The molecule has 120 valence electrons. The van der Waals surface area contributed by atoms with Gasteiger partial charge in [-0.2, -0.15) is 16.9 Å². The molecule has 4 nitrogen and oxygen atoms in total. The van der Waals surface area contributed by atoms with Crippen molar-refractivity contribution in [2.75, 3.05) is 18.1 Å². The molecular weight excluding hydrogens is 306 g/mol.